The van der Waals surface area contributed by atoms with Gasteiger partial charge in [-0.3, -0.25) is 0 Å². The molecule has 5 heteroatoms. The van der Waals surface area contributed by atoms with Crippen LogP contribution in [0.3, 0.4) is 0 Å². The summed E-state index contributed by atoms with van der Waals surface area (Å²) in [5.41, 5.74) is 1.44. The van der Waals surface area contributed by atoms with Crippen LogP contribution in [0.15, 0.2) is 48.5 Å². The van der Waals surface area contributed by atoms with E-state index < -0.39 is 0 Å². The molecule has 0 saturated carbocycles. The summed E-state index contributed by atoms with van der Waals surface area (Å²) in [4.78, 5) is 11.9. The number of urea groups is 1. The Kier molecular flexibility index (Phi) is 5.32. The molecule has 0 spiro atoms. The van der Waals surface area contributed by atoms with Crippen molar-refractivity contribution in [3.05, 3.63) is 71.3 Å². The fourth-order valence-corrected chi connectivity index (χ4v) is 2.15. The molecule has 2 N–H and O–H groups in total. The summed E-state index contributed by atoms with van der Waals surface area (Å²) in [6, 6.07) is 11.9. The van der Waals surface area contributed by atoms with Crippen LogP contribution in [-0.4, -0.2) is 12.6 Å². The molecule has 2 aromatic rings. The number of halogens is 2. The molecule has 0 heterocycles. The number of hydrogen-bond donors (Lipinski definition) is 2. The van der Waals surface area contributed by atoms with Crippen LogP contribution in [0.1, 0.15) is 25.0 Å². The molecule has 3 nitrogen and oxygen atoms in total. The lowest BCUT2D eigenvalue weighted by Crippen LogP contribution is -2.42. The van der Waals surface area contributed by atoms with Crippen molar-refractivity contribution in [1.82, 2.24) is 10.6 Å². The maximum atomic E-state index is 13.0. The number of nitrogens with one attached hydrogen (secondary N) is 2. The molecule has 122 valence electrons. The summed E-state index contributed by atoms with van der Waals surface area (Å²) in [5, 5.41) is 5.52. The van der Waals surface area contributed by atoms with Gasteiger partial charge in [0.05, 0.1) is 0 Å². The Morgan fingerprint density at radius 3 is 2.00 bits per heavy atom. The molecule has 23 heavy (non-hydrogen) atoms. The number of amides is 2. The largest absolute Gasteiger partial charge is 0.337 e. The van der Waals surface area contributed by atoms with Crippen molar-refractivity contribution < 1.29 is 13.6 Å². The highest BCUT2D eigenvalue weighted by atomic mass is 19.1. The van der Waals surface area contributed by atoms with Gasteiger partial charge in [0.25, 0.3) is 0 Å². The van der Waals surface area contributed by atoms with Crippen LogP contribution in [0.4, 0.5) is 13.6 Å². The molecule has 0 fully saturated rings. The maximum Gasteiger partial charge on any atom is 0.315 e. The Balaban J connectivity index is 1.83. The van der Waals surface area contributed by atoms with E-state index in [0.717, 1.165) is 11.1 Å². The van der Waals surface area contributed by atoms with E-state index in [1.807, 2.05) is 13.8 Å². The summed E-state index contributed by atoms with van der Waals surface area (Å²) in [6.07, 6.45) is 0. The molecule has 0 bridgehead atoms. The number of rotatable bonds is 5. The molecule has 2 aromatic carbocycles. The lowest BCUT2D eigenvalue weighted by molar-refractivity contribution is 0.238. The highest BCUT2D eigenvalue weighted by Crippen LogP contribution is 2.22. The van der Waals surface area contributed by atoms with Crippen LogP contribution >= 0.6 is 0 Å². The number of carbonyl (C=O) groups is 1. The van der Waals surface area contributed by atoms with Gasteiger partial charge in [0.1, 0.15) is 11.6 Å². The zero-order valence-electron chi connectivity index (χ0n) is 13.2. The van der Waals surface area contributed by atoms with Crippen LogP contribution in [0, 0.1) is 11.6 Å². The van der Waals surface area contributed by atoms with E-state index >= 15 is 0 Å². The second kappa shape index (κ2) is 7.22. The smallest absolute Gasteiger partial charge is 0.315 e. The lowest BCUT2D eigenvalue weighted by Gasteiger charge is -2.25. The Morgan fingerprint density at radius 2 is 1.43 bits per heavy atom. The molecule has 0 aliphatic heterocycles. The molecular formula is C18H20F2N2O. The van der Waals surface area contributed by atoms with Crippen LogP contribution in [-0.2, 0) is 12.0 Å². The van der Waals surface area contributed by atoms with Gasteiger partial charge in [0.2, 0.25) is 0 Å². The highest BCUT2D eigenvalue weighted by Gasteiger charge is 2.21. The van der Waals surface area contributed by atoms with E-state index in [1.165, 1.54) is 24.3 Å². The average molecular weight is 318 g/mol. The van der Waals surface area contributed by atoms with Crippen LogP contribution in [0.2, 0.25) is 0 Å². The SMILES string of the molecule is CC(C)(CNC(=O)NCc1ccc(F)cc1)c1ccc(F)cc1. The number of carbonyl (C=O) groups excluding carboxylic acids is 1. The maximum absolute atomic E-state index is 13.0. The van der Waals surface area contributed by atoms with Crippen LogP contribution < -0.4 is 10.6 Å². The van der Waals surface area contributed by atoms with Gasteiger partial charge in [0, 0.05) is 18.5 Å². The van der Waals surface area contributed by atoms with Crippen LogP contribution in [0.25, 0.3) is 0 Å². The van der Waals surface area contributed by atoms with Crippen LogP contribution in [0.5, 0.6) is 0 Å². The van der Waals surface area contributed by atoms with Gasteiger partial charge in [-0.25, -0.2) is 13.6 Å². The van der Waals surface area contributed by atoms with Gasteiger partial charge >= 0.3 is 6.03 Å². The highest BCUT2D eigenvalue weighted by molar-refractivity contribution is 5.74. The van der Waals surface area contributed by atoms with Gasteiger partial charge in [-0.15, -0.1) is 0 Å². The van der Waals surface area contributed by atoms with E-state index in [-0.39, 0.29) is 23.1 Å². The van der Waals surface area contributed by atoms with Crippen molar-refractivity contribution in [2.75, 3.05) is 6.54 Å². The van der Waals surface area contributed by atoms with E-state index in [1.54, 1.807) is 24.3 Å². The molecule has 0 atom stereocenters. The van der Waals surface area contributed by atoms with Gasteiger partial charge < -0.3 is 10.6 Å². The standard InChI is InChI=1S/C18H20F2N2O/c1-18(2,14-5-9-16(20)10-6-14)12-22-17(23)21-11-13-3-7-15(19)8-4-13/h3-10H,11-12H2,1-2H3,(H2,21,22,23). The predicted octanol–water partition coefficient (Wildman–Crippen LogP) is 3.74. The summed E-state index contributed by atoms with van der Waals surface area (Å²) < 4.78 is 25.8. The van der Waals surface area contributed by atoms with Crippen molar-refractivity contribution in [1.29, 1.82) is 0 Å². The fraction of sp³-hybridized carbons (Fsp3) is 0.278. The van der Waals surface area contributed by atoms with Gasteiger partial charge in [-0.05, 0) is 35.4 Å². The van der Waals surface area contributed by atoms with E-state index in [9.17, 15) is 13.6 Å². The predicted molar refractivity (Wildman–Crippen MR) is 86.1 cm³/mol. The van der Waals surface area contributed by atoms with Gasteiger partial charge in [-0.2, -0.15) is 0 Å². The molecule has 2 amide bonds. The van der Waals surface area contributed by atoms with Crippen molar-refractivity contribution in [2.45, 2.75) is 25.8 Å². The summed E-state index contributed by atoms with van der Waals surface area (Å²) >= 11 is 0. The summed E-state index contributed by atoms with van der Waals surface area (Å²) in [6.45, 7) is 4.68. The summed E-state index contributed by atoms with van der Waals surface area (Å²) in [5.74, 6) is -0.589. The molecule has 0 aromatic heterocycles. The molecular weight excluding hydrogens is 298 g/mol. The monoisotopic (exact) mass is 318 g/mol. The second-order valence-electron chi connectivity index (χ2n) is 6.05. The van der Waals surface area contributed by atoms with Gasteiger partial charge in [-0.1, -0.05) is 38.1 Å². The first-order chi connectivity index (χ1) is 10.9. The minimum Gasteiger partial charge on any atom is -0.337 e. The third kappa shape index (κ3) is 5.06. The third-order valence-electron chi connectivity index (χ3n) is 3.68. The topological polar surface area (TPSA) is 41.1 Å². The van der Waals surface area contributed by atoms with Crippen molar-refractivity contribution in [2.24, 2.45) is 0 Å². The molecule has 0 aliphatic carbocycles. The lowest BCUT2D eigenvalue weighted by atomic mass is 9.84. The molecule has 0 unspecified atom stereocenters. The number of hydrogen-bond acceptors (Lipinski definition) is 1. The Hall–Kier alpha value is -2.43. The quantitative estimate of drug-likeness (QED) is 0.866. The minimum absolute atomic E-state index is 0.283. The molecule has 2 rings (SSSR count). The zero-order chi connectivity index (χ0) is 16.9. The molecule has 0 saturated heterocycles. The van der Waals surface area contributed by atoms with E-state index in [2.05, 4.69) is 10.6 Å². The molecule has 0 radical (unpaired) electrons. The normalized spacial score (nSPS) is 11.1. The Labute approximate surface area is 134 Å². The average Bonchev–Trinajstić information content (AvgIpc) is 2.53. The first-order valence-corrected chi connectivity index (χ1v) is 7.39. The second-order valence-corrected chi connectivity index (χ2v) is 6.05. The van der Waals surface area contributed by atoms with E-state index in [0.29, 0.717) is 13.1 Å². The first-order valence-electron chi connectivity index (χ1n) is 7.39. The first kappa shape index (κ1) is 16.9. The number of benzene rings is 2. The Bertz CT molecular complexity index is 652. The van der Waals surface area contributed by atoms with Crippen molar-refractivity contribution >= 4 is 6.03 Å². The zero-order valence-corrected chi connectivity index (χ0v) is 13.2. The van der Waals surface area contributed by atoms with Gasteiger partial charge in [0.15, 0.2) is 0 Å². The Morgan fingerprint density at radius 1 is 0.913 bits per heavy atom. The van der Waals surface area contributed by atoms with Crippen molar-refractivity contribution in [3.63, 3.8) is 0 Å². The third-order valence-corrected chi connectivity index (χ3v) is 3.68. The fourth-order valence-electron chi connectivity index (χ4n) is 2.15. The molecule has 0 aliphatic rings. The van der Waals surface area contributed by atoms with Crippen molar-refractivity contribution in [3.8, 4) is 0 Å². The van der Waals surface area contributed by atoms with E-state index in [4.69, 9.17) is 0 Å². The minimum atomic E-state index is -0.319. The summed E-state index contributed by atoms with van der Waals surface area (Å²) in [7, 11) is 0.